The van der Waals surface area contributed by atoms with Crippen molar-refractivity contribution in [2.45, 2.75) is 25.1 Å². The van der Waals surface area contributed by atoms with Crippen molar-refractivity contribution in [3.63, 3.8) is 0 Å². The lowest BCUT2D eigenvalue weighted by molar-refractivity contribution is -0.116. The van der Waals surface area contributed by atoms with E-state index < -0.39 is 5.38 Å². The Morgan fingerprint density at radius 3 is 2.84 bits per heavy atom. The second-order valence-corrected chi connectivity index (χ2v) is 4.73. The topological polar surface area (TPSA) is 57.8 Å². The quantitative estimate of drug-likeness (QED) is 0.824. The molecule has 100 valence electrons. The second-order valence-electron chi connectivity index (χ2n) is 4.29. The van der Waals surface area contributed by atoms with Gasteiger partial charge in [0.15, 0.2) is 5.82 Å². The summed E-state index contributed by atoms with van der Waals surface area (Å²) >= 11 is 6.12. The third-order valence-corrected chi connectivity index (χ3v) is 3.17. The second kappa shape index (κ2) is 6.38. The van der Waals surface area contributed by atoms with Crippen LogP contribution in [0.5, 0.6) is 0 Å². The van der Waals surface area contributed by atoms with Crippen LogP contribution in [0.3, 0.4) is 0 Å². The molecule has 2 aromatic rings. The maximum atomic E-state index is 12.0. The van der Waals surface area contributed by atoms with Gasteiger partial charge >= 0.3 is 0 Å². The monoisotopic (exact) mass is 277 g/mol. The molecule has 4 nitrogen and oxygen atoms in total. The van der Waals surface area contributed by atoms with E-state index in [2.05, 4.69) is 22.4 Å². The number of H-pyrrole nitrogens is 1. The number of amides is 1. The highest BCUT2D eigenvalue weighted by Gasteiger charge is 2.18. The van der Waals surface area contributed by atoms with Crippen LogP contribution in [-0.2, 0) is 11.2 Å². The molecule has 2 rings (SSSR count). The van der Waals surface area contributed by atoms with Gasteiger partial charge in [0.1, 0.15) is 5.38 Å². The van der Waals surface area contributed by atoms with E-state index >= 15 is 0 Å². The maximum Gasteiger partial charge on any atom is 0.248 e. The number of rotatable bonds is 5. The van der Waals surface area contributed by atoms with Crippen LogP contribution in [0, 0.1) is 0 Å². The first-order valence-electron chi connectivity index (χ1n) is 6.25. The normalized spacial score (nSPS) is 12.1. The molecule has 0 aliphatic carbocycles. The number of anilines is 1. The number of benzene rings is 1. The van der Waals surface area contributed by atoms with E-state index in [0.29, 0.717) is 5.82 Å². The van der Waals surface area contributed by atoms with Gasteiger partial charge < -0.3 is 5.32 Å². The van der Waals surface area contributed by atoms with E-state index in [1.807, 2.05) is 36.4 Å². The van der Waals surface area contributed by atoms with Gasteiger partial charge in [-0.1, -0.05) is 43.7 Å². The highest BCUT2D eigenvalue weighted by Crippen LogP contribution is 2.21. The van der Waals surface area contributed by atoms with Gasteiger partial charge in [0.25, 0.3) is 0 Å². The minimum atomic E-state index is -0.715. The van der Waals surface area contributed by atoms with Crippen LogP contribution in [0.2, 0.25) is 0 Å². The van der Waals surface area contributed by atoms with Crippen molar-refractivity contribution < 1.29 is 4.79 Å². The molecule has 5 heteroatoms. The molecule has 0 aliphatic rings. The van der Waals surface area contributed by atoms with E-state index in [0.717, 1.165) is 24.1 Å². The molecule has 1 heterocycles. The molecule has 1 atom stereocenters. The van der Waals surface area contributed by atoms with Crippen LogP contribution in [0.15, 0.2) is 36.4 Å². The molecule has 1 amide bonds. The number of aromatic nitrogens is 2. The summed E-state index contributed by atoms with van der Waals surface area (Å²) in [6, 6.07) is 11.1. The van der Waals surface area contributed by atoms with Crippen LogP contribution in [0.25, 0.3) is 0 Å². The summed E-state index contributed by atoms with van der Waals surface area (Å²) < 4.78 is 0. The Morgan fingerprint density at radius 2 is 2.16 bits per heavy atom. The van der Waals surface area contributed by atoms with E-state index in [-0.39, 0.29) is 5.91 Å². The van der Waals surface area contributed by atoms with Gasteiger partial charge in [0.2, 0.25) is 5.91 Å². The lowest BCUT2D eigenvalue weighted by Gasteiger charge is -2.08. The summed E-state index contributed by atoms with van der Waals surface area (Å²) in [5, 5.41) is 8.91. The molecule has 1 aromatic carbocycles. The minimum absolute atomic E-state index is 0.276. The van der Waals surface area contributed by atoms with Crippen LogP contribution in [-0.4, -0.2) is 16.1 Å². The molecule has 1 unspecified atom stereocenters. The fourth-order valence-corrected chi connectivity index (χ4v) is 1.99. The van der Waals surface area contributed by atoms with E-state index in [4.69, 9.17) is 11.6 Å². The number of carbonyl (C=O) groups excluding carboxylic acids is 1. The number of nitrogens with one attached hydrogen (secondary N) is 2. The number of carbonyl (C=O) groups is 1. The van der Waals surface area contributed by atoms with Crippen LogP contribution < -0.4 is 5.32 Å². The highest BCUT2D eigenvalue weighted by atomic mass is 35.5. The van der Waals surface area contributed by atoms with Crippen molar-refractivity contribution in [3.05, 3.63) is 47.7 Å². The molecule has 1 aromatic heterocycles. The van der Waals surface area contributed by atoms with Gasteiger partial charge in [-0.3, -0.25) is 9.89 Å². The van der Waals surface area contributed by atoms with E-state index in [1.165, 1.54) is 0 Å². The number of aromatic amines is 1. The fourth-order valence-electron chi connectivity index (χ4n) is 1.79. The number of hydrogen-bond acceptors (Lipinski definition) is 2. The number of nitrogens with zero attached hydrogens (tertiary/aromatic N) is 1. The Kier molecular flexibility index (Phi) is 4.58. The zero-order valence-corrected chi connectivity index (χ0v) is 11.4. The lowest BCUT2D eigenvalue weighted by atomic mass is 10.1. The fraction of sp³-hybridized carbons (Fsp3) is 0.286. The van der Waals surface area contributed by atoms with Gasteiger partial charge in [-0.25, -0.2) is 0 Å². The van der Waals surface area contributed by atoms with E-state index in [9.17, 15) is 4.79 Å². The summed E-state index contributed by atoms with van der Waals surface area (Å²) in [6.07, 6.45) is 1.93. The average Bonchev–Trinajstić information content (AvgIpc) is 2.86. The van der Waals surface area contributed by atoms with Crippen molar-refractivity contribution in [2.24, 2.45) is 0 Å². The predicted molar refractivity (Wildman–Crippen MR) is 76.2 cm³/mol. The standard InChI is InChI=1S/C14H16ClN3O/c1-2-6-11-9-12(18-17-11)16-14(19)13(15)10-7-4-3-5-8-10/h3-5,7-9,13H,2,6H2,1H3,(H2,16,17,18,19). The third-order valence-electron chi connectivity index (χ3n) is 2.72. The first-order chi connectivity index (χ1) is 9.20. The van der Waals surface area contributed by atoms with Crippen molar-refractivity contribution in [1.82, 2.24) is 10.2 Å². The summed E-state index contributed by atoms with van der Waals surface area (Å²) in [6.45, 7) is 2.09. The van der Waals surface area contributed by atoms with Gasteiger partial charge in [-0.2, -0.15) is 5.10 Å². The summed E-state index contributed by atoms with van der Waals surface area (Å²) in [5.74, 6) is 0.234. The van der Waals surface area contributed by atoms with Gasteiger partial charge in [0, 0.05) is 11.8 Å². The van der Waals surface area contributed by atoms with Crippen molar-refractivity contribution in [2.75, 3.05) is 5.32 Å². The van der Waals surface area contributed by atoms with Crippen molar-refractivity contribution >= 4 is 23.3 Å². The highest BCUT2D eigenvalue weighted by molar-refractivity contribution is 6.32. The minimum Gasteiger partial charge on any atom is -0.308 e. The first kappa shape index (κ1) is 13.6. The zero-order valence-electron chi connectivity index (χ0n) is 10.7. The summed E-state index contributed by atoms with van der Waals surface area (Å²) in [5.41, 5.74) is 1.77. The van der Waals surface area contributed by atoms with Gasteiger partial charge in [-0.05, 0) is 12.0 Å². The smallest absolute Gasteiger partial charge is 0.248 e. The Hall–Kier alpha value is -1.81. The first-order valence-corrected chi connectivity index (χ1v) is 6.68. The molecule has 0 radical (unpaired) electrons. The molecule has 0 fully saturated rings. The Bertz CT molecular complexity index is 539. The van der Waals surface area contributed by atoms with Crippen molar-refractivity contribution in [1.29, 1.82) is 0 Å². The maximum absolute atomic E-state index is 12.0. The molecule has 2 N–H and O–H groups in total. The number of halogens is 1. The van der Waals surface area contributed by atoms with Crippen LogP contribution in [0.4, 0.5) is 5.82 Å². The largest absolute Gasteiger partial charge is 0.308 e. The average molecular weight is 278 g/mol. The lowest BCUT2D eigenvalue weighted by Crippen LogP contribution is -2.17. The number of aryl methyl sites for hydroxylation is 1. The van der Waals surface area contributed by atoms with Crippen LogP contribution >= 0.6 is 11.6 Å². The molecule has 0 aliphatic heterocycles. The summed E-state index contributed by atoms with van der Waals surface area (Å²) in [7, 11) is 0. The van der Waals surface area contributed by atoms with Gasteiger partial charge in [-0.15, -0.1) is 11.6 Å². The number of alkyl halides is 1. The van der Waals surface area contributed by atoms with Crippen LogP contribution in [0.1, 0.15) is 30.0 Å². The molecule has 0 saturated heterocycles. The molecule has 0 saturated carbocycles. The SMILES string of the molecule is CCCc1cc(NC(=O)C(Cl)c2ccccc2)n[nH]1. The predicted octanol–water partition coefficient (Wildman–Crippen LogP) is 3.28. The van der Waals surface area contributed by atoms with Crippen molar-refractivity contribution in [3.8, 4) is 0 Å². The molecule has 0 bridgehead atoms. The van der Waals surface area contributed by atoms with Gasteiger partial charge in [0.05, 0.1) is 0 Å². The molecular formula is C14H16ClN3O. The Morgan fingerprint density at radius 1 is 1.42 bits per heavy atom. The third kappa shape index (κ3) is 3.58. The Labute approximate surface area is 117 Å². The Balaban J connectivity index is 2.00. The van der Waals surface area contributed by atoms with E-state index in [1.54, 1.807) is 0 Å². The molecular weight excluding hydrogens is 262 g/mol. The molecule has 0 spiro atoms. The molecule has 19 heavy (non-hydrogen) atoms. The zero-order chi connectivity index (χ0) is 13.7. The summed E-state index contributed by atoms with van der Waals surface area (Å²) in [4.78, 5) is 12.0. The number of hydrogen-bond donors (Lipinski definition) is 2.